The number of amides is 1. The molecule has 0 radical (unpaired) electrons. The maximum absolute atomic E-state index is 13.6. The lowest BCUT2D eigenvalue weighted by atomic mass is 10.1. The van der Waals surface area contributed by atoms with Crippen LogP contribution in [-0.2, 0) is 0 Å². The number of H-pyrrole nitrogens is 1. The molecule has 0 aliphatic carbocycles. The molecule has 0 aliphatic rings. The molecular weight excluding hydrogens is 281 g/mol. The molecule has 2 aromatic carbocycles. The highest BCUT2D eigenvalue weighted by Crippen LogP contribution is 2.22. The van der Waals surface area contributed by atoms with Crippen molar-refractivity contribution in [2.75, 3.05) is 5.32 Å². The average Bonchev–Trinajstić information content (AvgIpc) is 2.94. The summed E-state index contributed by atoms with van der Waals surface area (Å²) in [7, 11) is 0. The van der Waals surface area contributed by atoms with Crippen molar-refractivity contribution in [3.05, 3.63) is 71.7 Å². The second-order valence-electron chi connectivity index (χ2n) is 4.95. The van der Waals surface area contributed by atoms with E-state index in [2.05, 4.69) is 15.5 Å². The van der Waals surface area contributed by atoms with Gasteiger partial charge in [-0.3, -0.25) is 9.89 Å². The Morgan fingerprint density at radius 3 is 2.68 bits per heavy atom. The highest BCUT2D eigenvalue weighted by atomic mass is 19.1. The van der Waals surface area contributed by atoms with Gasteiger partial charge in [-0.15, -0.1) is 0 Å². The molecule has 22 heavy (non-hydrogen) atoms. The number of carbonyl (C=O) groups is 1. The molecule has 1 aromatic heterocycles. The average molecular weight is 295 g/mol. The van der Waals surface area contributed by atoms with Crippen LogP contribution in [0.2, 0.25) is 0 Å². The lowest BCUT2D eigenvalue weighted by molar-refractivity contribution is 0.102. The summed E-state index contributed by atoms with van der Waals surface area (Å²) in [6.45, 7) is 1.92. The van der Waals surface area contributed by atoms with Gasteiger partial charge in [0.25, 0.3) is 5.91 Å². The Morgan fingerprint density at radius 1 is 1.14 bits per heavy atom. The molecule has 0 saturated heterocycles. The number of rotatable bonds is 3. The fourth-order valence-corrected chi connectivity index (χ4v) is 2.17. The summed E-state index contributed by atoms with van der Waals surface area (Å²) in [6, 6.07) is 15.1. The van der Waals surface area contributed by atoms with E-state index in [4.69, 9.17) is 0 Å². The van der Waals surface area contributed by atoms with Crippen molar-refractivity contribution in [1.82, 2.24) is 10.2 Å². The quantitative estimate of drug-likeness (QED) is 0.772. The van der Waals surface area contributed by atoms with E-state index in [1.165, 1.54) is 12.1 Å². The number of aryl methyl sites for hydroxylation is 1. The molecule has 0 aliphatic heterocycles. The molecule has 1 heterocycles. The van der Waals surface area contributed by atoms with Crippen LogP contribution in [0.5, 0.6) is 0 Å². The van der Waals surface area contributed by atoms with Gasteiger partial charge in [0.2, 0.25) is 0 Å². The van der Waals surface area contributed by atoms with Crippen LogP contribution < -0.4 is 5.32 Å². The molecule has 0 saturated carbocycles. The molecule has 110 valence electrons. The molecule has 1 amide bonds. The number of halogens is 1. The SMILES string of the molecule is Cc1cc(-c2cccc(NC(=O)c3ccccc3F)c2)n[nH]1. The van der Waals surface area contributed by atoms with Crippen molar-refractivity contribution < 1.29 is 9.18 Å². The van der Waals surface area contributed by atoms with Crippen LogP contribution in [0.25, 0.3) is 11.3 Å². The maximum Gasteiger partial charge on any atom is 0.258 e. The van der Waals surface area contributed by atoms with Gasteiger partial charge in [-0.05, 0) is 37.3 Å². The summed E-state index contributed by atoms with van der Waals surface area (Å²) in [5.41, 5.74) is 3.22. The molecule has 0 unspecified atom stereocenters. The van der Waals surface area contributed by atoms with Gasteiger partial charge in [0.1, 0.15) is 5.82 Å². The zero-order valence-corrected chi connectivity index (χ0v) is 11.9. The minimum atomic E-state index is -0.543. The van der Waals surface area contributed by atoms with E-state index in [9.17, 15) is 9.18 Å². The van der Waals surface area contributed by atoms with Crippen molar-refractivity contribution in [3.63, 3.8) is 0 Å². The first kappa shape index (κ1) is 14.0. The number of aromatic amines is 1. The van der Waals surface area contributed by atoms with E-state index < -0.39 is 11.7 Å². The smallest absolute Gasteiger partial charge is 0.258 e. The molecule has 0 bridgehead atoms. The summed E-state index contributed by atoms with van der Waals surface area (Å²) in [5.74, 6) is -1.02. The minimum Gasteiger partial charge on any atom is -0.322 e. The van der Waals surface area contributed by atoms with E-state index in [0.717, 1.165) is 17.0 Å². The number of aromatic nitrogens is 2. The van der Waals surface area contributed by atoms with Gasteiger partial charge >= 0.3 is 0 Å². The summed E-state index contributed by atoms with van der Waals surface area (Å²) in [6.07, 6.45) is 0. The highest BCUT2D eigenvalue weighted by molar-refractivity contribution is 6.04. The predicted octanol–water partition coefficient (Wildman–Crippen LogP) is 3.78. The number of nitrogens with zero attached hydrogens (tertiary/aromatic N) is 1. The highest BCUT2D eigenvalue weighted by Gasteiger charge is 2.11. The molecule has 5 heteroatoms. The van der Waals surface area contributed by atoms with E-state index in [1.807, 2.05) is 25.1 Å². The van der Waals surface area contributed by atoms with Crippen molar-refractivity contribution >= 4 is 11.6 Å². The van der Waals surface area contributed by atoms with E-state index in [0.29, 0.717) is 5.69 Å². The maximum atomic E-state index is 13.6. The predicted molar refractivity (Wildman–Crippen MR) is 83.1 cm³/mol. The van der Waals surface area contributed by atoms with Crippen LogP contribution in [0.1, 0.15) is 16.1 Å². The summed E-state index contributed by atoms with van der Waals surface area (Å²) >= 11 is 0. The number of hydrogen-bond donors (Lipinski definition) is 2. The summed E-state index contributed by atoms with van der Waals surface area (Å²) in [4.78, 5) is 12.1. The van der Waals surface area contributed by atoms with Crippen LogP contribution in [0.3, 0.4) is 0 Å². The van der Waals surface area contributed by atoms with Crippen LogP contribution in [0.15, 0.2) is 54.6 Å². The van der Waals surface area contributed by atoms with Gasteiger partial charge in [0.05, 0.1) is 11.3 Å². The van der Waals surface area contributed by atoms with Crippen molar-refractivity contribution in [2.45, 2.75) is 6.92 Å². The Balaban J connectivity index is 1.84. The zero-order chi connectivity index (χ0) is 15.5. The standard InChI is InChI=1S/C17H14FN3O/c1-11-9-16(21-20-11)12-5-4-6-13(10-12)19-17(22)14-7-2-3-8-15(14)18/h2-10H,1H3,(H,19,22)(H,20,21). The van der Waals surface area contributed by atoms with Gasteiger partial charge in [-0.2, -0.15) is 5.10 Å². The first-order valence-corrected chi connectivity index (χ1v) is 6.82. The van der Waals surface area contributed by atoms with E-state index >= 15 is 0 Å². The van der Waals surface area contributed by atoms with Crippen LogP contribution in [0, 0.1) is 12.7 Å². The van der Waals surface area contributed by atoms with Gasteiger partial charge in [-0.1, -0.05) is 24.3 Å². The molecular formula is C17H14FN3O. The number of hydrogen-bond acceptors (Lipinski definition) is 2. The molecule has 3 aromatic rings. The Hall–Kier alpha value is -2.95. The molecule has 4 nitrogen and oxygen atoms in total. The van der Waals surface area contributed by atoms with Gasteiger partial charge in [0, 0.05) is 16.9 Å². The van der Waals surface area contributed by atoms with Crippen molar-refractivity contribution in [2.24, 2.45) is 0 Å². The second kappa shape index (κ2) is 5.81. The van der Waals surface area contributed by atoms with Crippen molar-refractivity contribution in [3.8, 4) is 11.3 Å². The Bertz CT molecular complexity index is 826. The Kier molecular flexibility index (Phi) is 3.70. The largest absolute Gasteiger partial charge is 0.322 e. The number of benzene rings is 2. The third kappa shape index (κ3) is 2.88. The van der Waals surface area contributed by atoms with Gasteiger partial charge in [-0.25, -0.2) is 4.39 Å². The molecule has 0 spiro atoms. The molecule has 3 rings (SSSR count). The summed E-state index contributed by atoms with van der Waals surface area (Å²) < 4.78 is 13.6. The second-order valence-corrected chi connectivity index (χ2v) is 4.95. The third-order valence-corrected chi connectivity index (χ3v) is 3.24. The minimum absolute atomic E-state index is 0.0171. The Labute approximate surface area is 127 Å². The van der Waals surface area contributed by atoms with Gasteiger partial charge in [0.15, 0.2) is 0 Å². The van der Waals surface area contributed by atoms with Gasteiger partial charge < -0.3 is 5.32 Å². The third-order valence-electron chi connectivity index (χ3n) is 3.24. The van der Waals surface area contributed by atoms with Crippen molar-refractivity contribution in [1.29, 1.82) is 0 Å². The van der Waals surface area contributed by atoms with Crippen LogP contribution >= 0.6 is 0 Å². The van der Waals surface area contributed by atoms with Crippen LogP contribution in [0.4, 0.5) is 10.1 Å². The fourth-order valence-electron chi connectivity index (χ4n) is 2.17. The zero-order valence-electron chi connectivity index (χ0n) is 11.9. The topological polar surface area (TPSA) is 57.8 Å². The normalized spacial score (nSPS) is 10.5. The first-order valence-electron chi connectivity index (χ1n) is 6.82. The molecule has 0 atom stereocenters. The fraction of sp³-hybridized carbons (Fsp3) is 0.0588. The number of carbonyl (C=O) groups excluding carboxylic acids is 1. The molecule has 2 N–H and O–H groups in total. The number of nitrogens with one attached hydrogen (secondary N) is 2. The lowest BCUT2D eigenvalue weighted by Gasteiger charge is -2.07. The first-order chi connectivity index (χ1) is 10.6. The lowest BCUT2D eigenvalue weighted by Crippen LogP contribution is -2.13. The monoisotopic (exact) mass is 295 g/mol. The Morgan fingerprint density at radius 2 is 1.95 bits per heavy atom. The summed E-state index contributed by atoms with van der Waals surface area (Å²) in [5, 5.41) is 9.75. The van der Waals surface area contributed by atoms with E-state index in [-0.39, 0.29) is 5.56 Å². The number of anilines is 1. The molecule has 0 fully saturated rings. The van der Waals surface area contributed by atoms with Crippen LogP contribution in [-0.4, -0.2) is 16.1 Å². The van der Waals surface area contributed by atoms with E-state index in [1.54, 1.807) is 24.3 Å².